The van der Waals surface area contributed by atoms with E-state index in [2.05, 4.69) is 45.0 Å². The number of carbonyl (C=O) groups excluding carboxylic acids is 1. The number of halogens is 3. The lowest BCUT2D eigenvalue weighted by atomic mass is 9.95. The smallest absolute Gasteiger partial charge is 0.344 e. The van der Waals surface area contributed by atoms with Crippen LogP contribution in [0.3, 0.4) is 0 Å². The summed E-state index contributed by atoms with van der Waals surface area (Å²) >= 11 is 3.12. The molecule has 2 aromatic carbocycles. The van der Waals surface area contributed by atoms with E-state index in [4.69, 9.17) is 0 Å². The van der Waals surface area contributed by atoms with Crippen molar-refractivity contribution in [1.29, 1.82) is 0 Å². The molecule has 2 aromatic heterocycles. The minimum atomic E-state index is -4.36. The summed E-state index contributed by atoms with van der Waals surface area (Å²) in [6, 6.07) is 11.5. The highest BCUT2D eigenvalue weighted by molar-refractivity contribution is 7.99. The minimum absolute atomic E-state index is 0.0721. The van der Waals surface area contributed by atoms with Gasteiger partial charge >= 0.3 is 6.18 Å². The molecule has 0 spiro atoms. The van der Waals surface area contributed by atoms with E-state index in [-0.39, 0.29) is 17.7 Å². The van der Waals surface area contributed by atoms with Gasteiger partial charge in [0, 0.05) is 10.1 Å². The Balaban J connectivity index is 1.56. The van der Waals surface area contributed by atoms with Gasteiger partial charge in [-0.25, -0.2) is 0 Å². The van der Waals surface area contributed by atoms with Gasteiger partial charge in [-0.3, -0.25) is 4.79 Å². The lowest BCUT2D eigenvalue weighted by molar-refractivity contribution is -0.137. The summed E-state index contributed by atoms with van der Waals surface area (Å²) in [4.78, 5) is 14.7. The molecule has 1 amide bonds. The number of thioether (sulfide) groups is 1. The monoisotopic (exact) mass is 559 g/mol. The fraction of sp³-hybridized carbons (Fsp3) is 0.333. The van der Waals surface area contributed by atoms with E-state index >= 15 is 0 Å². The van der Waals surface area contributed by atoms with E-state index in [0.29, 0.717) is 10.7 Å². The highest BCUT2D eigenvalue weighted by atomic mass is 32.2. The first kappa shape index (κ1) is 27.8. The van der Waals surface area contributed by atoms with Crippen LogP contribution < -0.4 is 5.32 Å². The summed E-state index contributed by atoms with van der Waals surface area (Å²) in [5, 5.41) is 18.5. The largest absolute Gasteiger partial charge is 0.416 e. The summed E-state index contributed by atoms with van der Waals surface area (Å²) in [5.41, 5.74) is 4.00. The van der Waals surface area contributed by atoms with Crippen LogP contribution >= 0.6 is 23.1 Å². The highest BCUT2D eigenvalue weighted by Gasteiger charge is 2.30. The van der Waals surface area contributed by atoms with Crippen LogP contribution in [0.2, 0.25) is 0 Å². The number of alkyl halides is 3. The number of carbonyl (C=O) groups is 1. The maximum Gasteiger partial charge on any atom is 0.416 e. The summed E-state index contributed by atoms with van der Waals surface area (Å²) in [5.74, 6) is 0.236. The van der Waals surface area contributed by atoms with Crippen molar-refractivity contribution in [2.45, 2.75) is 62.9 Å². The van der Waals surface area contributed by atoms with E-state index in [1.165, 1.54) is 23.5 Å². The van der Waals surface area contributed by atoms with Crippen LogP contribution in [0.15, 0.2) is 52.7 Å². The summed E-state index contributed by atoms with van der Waals surface area (Å²) < 4.78 is 39.0. The number of aromatic amines is 1. The van der Waals surface area contributed by atoms with E-state index in [1.54, 1.807) is 11.8 Å². The average Bonchev–Trinajstić information content (AvgIpc) is 3.57. The Bertz CT molecular complexity index is 1350. The second kappa shape index (κ2) is 12.1. The molecule has 4 rings (SSSR count). The van der Waals surface area contributed by atoms with E-state index in [1.807, 2.05) is 25.3 Å². The van der Waals surface area contributed by atoms with Crippen molar-refractivity contribution in [3.63, 3.8) is 0 Å². The van der Waals surface area contributed by atoms with Crippen LogP contribution in [0.25, 0.3) is 11.1 Å². The molecule has 0 saturated carbocycles. The number of tetrazole rings is 1. The van der Waals surface area contributed by atoms with Crippen molar-refractivity contribution >= 4 is 29.0 Å². The number of rotatable bonds is 10. The third kappa shape index (κ3) is 6.63. The van der Waals surface area contributed by atoms with Crippen molar-refractivity contribution in [2.75, 3.05) is 0 Å². The maximum atomic E-state index is 13.0. The predicted molar refractivity (Wildman–Crippen MR) is 144 cm³/mol. The molecule has 0 bridgehead atoms. The molecule has 1 atom stereocenters. The normalized spacial score (nSPS) is 12.5. The van der Waals surface area contributed by atoms with E-state index < -0.39 is 11.7 Å². The van der Waals surface area contributed by atoms with Crippen LogP contribution in [0.1, 0.15) is 69.2 Å². The van der Waals surface area contributed by atoms with Gasteiger partial charge in [-0.15, -0.1) is 33.3 Å². The number of amides is 1. The molecule has 2 N–H and O–H groups in total. The molecular formula is C27H28F3N5OS2. The number of hydrogen-bond donors (Lipinski definition) is 2. The molecule has 0 fully saturated rings. The van der Waals surface area contributed by atoms with Gasteiger partial charge in [0.25, 0.3) is 5.91 Å². The number of nitrogens with one attached hydrogen (secondary N) is 2. The molecule has 200 valence electrons. The molecule has 0 aliphatic rings. The SMILES string of the molecule is CCCCC(Sc1cc(C)c(-c2ccc(C(F)(F)F)cc2)c(C)c1)c1ccsc1C(=O)NCc1nn[nH]n1. The molecule has 11 heteroatoms. The van der Waals surface area contributed by atoms with Crippen molar-refractivity contribution in [1.82, 2.24) is 25.9 Å². The second-order valence-corrected chi connectivity index (χ2v) is 11.2. The molecule has 0 radical (unpaired) electrons. The van der Waals surface area contributed by atoms with Crippen molar-refractivity contribution in [3.8, 4) is 11.1 Å². The molecule has 4 aromatic rings. The number of benzene rings is 2. The van der Waals surface area contributed by atoms with Gasteiger partial charge in [0.15, 0.2) is 5.82 Å². The summed E-state index contributed by atoms with van der Waals surface area (Å²) in [6.07, 6.45) is -1.41. The molecule has 0 aliphatic heterocycles. The standard InChI is InChI=1S/C27H28F3N5OS2/c1-4-5-6-22(21-11-12-37-25(21)26(36)31-15-23-32-34-35-33-23)38-20-13-16(2)24(17(3)14-20)18-7-9-19(10-8-18)27(28,29)30/h7-14,22H,4-6,15H2,1-3H3,(H,31,36)(H,32,33,34,35). The zero-order valence-electron chi connectivity index (χ0n) is 21.2. The number of aryl methyl sites for hydroxylation is 2. The van der Waals surface area contributed by atoms with Gasteiger partial charge in [0.1, 0.15) is 0 Å². The maximum absolute atomic E-state index is 13.0. The quantitative estimate of drug-likeness (QED) is 0.196. The molecule has 0 aliphatic carbocycles. The Hall–Kier alpha value is -3.18. The first-order valence-corrected chi connectivity index (χ1v) is 14.0. The third-order valence-corrected chi connectivity index (χ3v) is 8.36. The van der Waals surface area contributed by atoms with Gasteiger partial charge in [0.2, 0.25) is 0 Å². The Morgan fingerprint density at radius 1 is 1.13 bits per heavy atom. The van der Waals surface area contributed by atoms with Crippen LogP contribution in [-0.2, 0) is 12.7 Å². The Morgan fingerprint density at radius 2 is 1.84 bits per heavy atom. The zero-order valence-corrected chi connectivity index (χ0v) is 22.9. The topological polar surface area (TPSA) is 83.6 Å². The van der Waals surface area contributed by atoms with E-state index in [0.717, 1.165) is 64.1 Å². The Labute approximate surface area is 227 Å². The fourth-order valence-electron chi connectivity index (χ4n) is 4.36. The van der Waals surface area contributed by atoms with Crippen LogP contribution in [0.4, 0.5) is 13.2 Å². The molecule has 0 saturated heterocycles. The number of unbranched alkanes of at least 4 members (excludes halogenated alkanes) is 1. The Morgan fingerprint density at radius 3 is 2.45 bits per heavy atom. The van der Waals surface area contributed by atoms with Crippen LogP contribution in [-0.4, -0.2) is 26.5 Å². The number of aromatic nitrogens is 4. The number of nitrogens with zero attached hydrogens (tertiary/aromatic N) is 3. The number of hydrogen-bond acceptors (Lipinski definition) is 6. The minimum Gasteiger partial charge on any atom is -0.344 e. The second-order valence-electron chi connectivity index (χ2n) is 8.97. The van der Waals surface area contributed by atoms with Crippen LogP contribution in [0, 0.1) is 13.8 Å². The zero-order chi connectivity index (χ0) is 27.3. The first-order valence-electron chi connectivity index (χ1n) is 12.2. The van der Waals surface area contributed by atoms with Gasteiger partial charge in [-0.05, 0) is 83.8 Å². The average molecular weight is 560 g/mol. The lowest BCUT2D eigenvalue weighted by Crippen LogP contribution is -2.23. The van der Waals surface area contributed by atoms with Crippen molar-refractivity contribution in [2.24, 2.45) is 0 Å². The molecule has 6 nitrogen and oxygen atoms in total. The van der Waals surface area contributed by atoms with Gasteiger partial charge in [-0.1, -0.05) is 37.1 Å². The van der Waals surface area contributed by atoms with Crippen LogP contribution in [0.5, 0.6) is 0 Å². The van der Waals surface area contributed by atoms with Gasteiger partial charge < -0.3 is 5.32 Å². The fourth-order valence-corrected chi connectivity index (χ4v) is 6.74. The molecule has 1 unspecified atom stereocenters. The molecular weight excluding hydrogens is 531 g/mol. The first-order chi connectivity index (χ1) is 18.2. The Kier molecular flexibility index (Phi) is 8.88. The number of thiophene rings is 1. The number of H-pyrrole nitrogens is 1. The highest BCUT2D eigenvalue weighted by Crippen LogP contribution is 2.44. The molecule has 2 heterocycles. The lowest BCUT2D eigenvalue weighted by Gasteiger charge is -2.19. The molecule has 38 heavy (non-hydrogen) atoms. The third-order valence-electron chi connectivity index (χ3n) is 6.15. The van der Waals surface area contributed by atoms with Gasteiger partial charge in [-0.2, -0.15) is 18.4 Å². The summed E-state index contributed by atoms with van der Waals surface area (Å²) in [6.45, 7) is 6.28. The van der Waals surface area contributed by atoms with Gasteiger partial charge in [0.05, 0.1) is 17.0 Å². The van der Waals surface area contributed by atoms with E-state index in [9.17, 15) is 18.0 Å². The predicted octanol–water partition coefficient (Wildman–Crippen LogP) is 7.52. The van der Waals surface area contributed by atoms with Crippen molar-refractivity contribution in [3.05, 3.63) is 80.8 Å². The summed E-state index contributed by atoms with van der Waals surface area (Å²) in [7, 11) is 0. The van der Waals surface area contributed by atoms with Crippen molar-refractivity contribution < 1.29 is 18.0 Å².